The zero-order valence-electron chi connectivity index (χ0n) is 15.6. The van der Waals surface area contributed by atoms with Crippen molar-refractivity contribution < 1.29 is 19.1 Å². The van der Waals surface area contributed by atoms with E-state index >= 15 is 0 Å². The maximum Gasteiger partial charge on any atom is 0.334 e. The Hall–Kier alpha value is -1.32. The fourth-order valence-electron chi connectivity index (χ4n) is 2.56. The predicted octanol–water partition coefficient (Wildman–Crippen LogP) is 4.82. The molecule has 134 valence electrons. The molecule has 0 amide bonds. The summed E-state index contributed by atoms with van der Waals surface area (Å²) < 4.78 is 10.3. The van der Waals surface area contributed by atoms with E-state index in [0.29, 0.717) is 30.8 Å². The first-order chi connectivity index (χ1) is 11.0. The number of rotatable bonds is 12. The zero-order valence-corrected chi connectivity index (χ0v) is 15.6. The van der Waals surface area contributed by atoms with Gasteiger partial charge in [-0.05, 0) is 32.6 Å². The second-order valence-corrected chi connectivity index (χ2v) is 6.01. The molecular formula is C19H34O4. The number of ether oxygens (including phenoxy) is 2. The summed E-state index contributed by atoms with van der Waals surface area (Å²) in [5.74, 6) is -0.831. The third kappa shape index (κ3) is 8.77. The van der Waals surface area contributed by atoms with E-state index in [4.69, 9.17) is 9.47 Å². The van der Waals surface area contributed by atoms with Crippen LogP contribution in [-0.4, -0.2) is 25.2 Å². The van der Waals surface area contributed by atoms with Gasteiger partial charge in [-0.1, -0.05) is 52.9 Å². The Bertz CT molecular complexity index is 383. The lowest BCUT2D eigenvalue weighted by molar-refractivity contribution is -0.142. The molecule has 0 bridgehead atoms. The van der Waals surface area contributed by atoms with Crippen molar-refractivity contribution in [2.75, 3.05) is 13.2 Å². The molecule has 0 aliphatic heterocycles. The molecule has 4 nitrogen and oxygen atoms in total. The Kier molecular flexibility index (Phi) is 12.4. The van der Waals surface area contributed by atoms with Crippen LogP contribution in [-0.2, 0) is 19.1 Å². The van der Waals surface area contributed by atoms with Crippen molar-refractivity contribution in [3.05, 3.63) is 11.1 Å². The summed E-state index contributed by atoms with van der Waals surface area (Å²) in [5, 5.41) is 0. The molecule has 0 heterocycles. The zero-order chi connectivity index (χ0) is 17.7. The highest BCUT2D eigenvalue weighted by atomic mass is 16.5. The van der Waals surface area contributed by atoms with Crippen LogP contribution in [0.2, 0.25) is 0 Å². The minimum Gasteiger partial charge on any atom is -0.463 e. The number of esters is 2. The van der Waals surface area contributed by atoms with Crippen LogP contribution >= 0.6 is 0 Å². The average molecular weight is 326 g/mol. The molecule has 0 radical (unpaired) electrons. The van der Waals surface area contributed by atoms with Crippen LogP contribution in [0.25, 0.3) is 0 Å². The largest absolute Gasteiger partial charge is 0.463 e. The Morgan fingerprint density at radius 3 is 1.83 bits per heavy atom. The van der Waals surface area contributed by atoms with Gasteiger partial charge in [-0.25, -0.2) is 9.59 Å². The molecule has 0 spiro atoms. The third-order valence-electron chi connectivity index (χ3n) is 3.70. The molecule has 4 heteroatoms. The number of carbonyl (C=O) groups excluding carboxylic acids is 2. The van der Waals surface area contributed by atoms with Gasteiger partial charge in [0.1, 0.15) is 0 Å². The monoisotopic (exact) mass is 326 g/mol. The summed E-state index contributed by atoms with van der Waals surface area (Å²) in [7, 11) is 0. The van der Waals surface area contributed by atoms with Crippen LogP contribution in [0.15, 0.2) is 11.1 Å². The third-order valence-corrected chi connectivity index (χ3v) is 3.70. The Balaban J connectivity index is 5.03. The molecule has 0 saturated heterocycles. The van der Waals surface area contributed by atoms with Crippen molar-refractivity contribution in [3.8, 4) is 0 Å². The van der Waals surface area contributed by atoms with E-state index < -0.39 is 5.97 Å². The summed E-state index contributed by atoms with van der Waals surface area (Å²) in [6, 6.07) is 0. The minimum atomic E-state index is -0.392. The molecule has 0 rings (SSSR count). The molecule has 0 fully saturated rings. The van der Waals surface area contributed by atoms with Crippen LogP contribution in [0.3, 0.4) is 0 Å². The standard InChI is InChI=1S/C19H34O4/c1-6-9-10-11-12-13-14-16(18(20)22-7-2)17(15(4)5)19(21)23-8-3/h15H,6-14H2,1-5H3. The maximum atomic E-state index is 12.3. The van der Waals surface area contributed by atoms with E-state index in [-0.39, 0.29) is 11.9 Å². The van der Waals surface area contributed by atoms with Crippen molar-refractivity contribution in [1.29, 1.82) is 0 Å². The van der Waals surface area contributed by atoms with Gasteiger partial charge in [-0.15, -0.1) is 0 Å². The Morgan fingerprint density at radius 1 is 0.783 bits per heavy atom. The second kappa shape index (κ2) is 13.1. The summed E-state index contributed by atoms with van der Waals surface area (Å²) in [5.41, 5.74) is 0.967. The van der Waals surface area contributed by atoms with Crippen molar-refractivity contribution in [2.24, 2.45) is 5.92 Å². The number of hydrogen-bond acceptors (Lipinski definition) is 4. The van der Waals surface area contributed by atoms with E-state index in [1.165, 1.54) is 25.7 Å². The predicted molar refractivity (Wildman–Crippen MR) is 93.1 cm³/mol. The first kappa shape index (κ1) is 21.7. The maximum absolute atomic E-state index is 12.3. The lowest BCUT2D eigenvalue weighted by Crippen LogP contribution is -2.20. The lowest BCUT2D eigenvalue weighted by atomic mass is 9.93. The molecule has 0 aromatic heterocycles. The van der Waals surface area contributed by atoms with Crippen LogP contribution in [0.1, 0.15) is 79.6 Å². The van der Waals surface area contributed by atoms with Gasteiger partial charge in [0.25, 0.3) is 0 Å². The van der Waals surface area contributed by atoms with Crippen LogP contribution < -0.4 is 0 Å². The molecule has 0 saturated carbocycles. The van der Waals surface area contributed by atoms with Gasteiger partial charge in [0.2, 0.25) is 0 Å². The first-order valence-electron chi connectivity index (χ1n) is 9.06. The lowest BCUT2D eigenvalue weighted by Gasteiger charge is -2.16. The minimum absolute atomic E-state index is 0.0615. The van der Waals surface area contributed by atoms with Gasteiger partial charge in [-0.2, -0.15) is 0 Å². The fourth-order valence-corrected chi connectivity index (χ4v) is 2.56. The van der Waals surface area contributed by atoms with Crippen LogP contribution in [0.5, 0.6) is 0 Å². The Morgan fingerprint density at radius 2 is 1.30 bits per heavy atom. The van der Waals surface area contributed by atoms with Gasteiger partial charge in [0.15, 0.2) is 0 Å². The summed E-state index contributed by atoms with van der Waals surface area (Å²) in [4.78, 5) is 24.5. The van der Waals surface area contributed by atoms with Gasteiger partial charge >= 0.3 is 11.9 Å². The SMILES string of the molecule is CCCCCCCCC(C(=O)OCC)=C(C(=O)OCC)C(C)C. The van der Waals surface area contributed by atoms with Crippen LogP contribution in [0, 0.1) is 5.92 Å². The number of carbonyl (C=O) groups is 2. The fraction of sp³-hybridized carbons (Fsp3) is 0.789. The van der Waals surface area contributed by atoms with Gasteiger partial charge in [0, 0.05) is 5.57 Å². The summed E-state index contributed by atoms with van der Waals surface area (Å²) in [6.45, 7) is 10.2. The highest BCUT2D eigenvalue weighted by molar-refractivity contribution is 6.00. The normalized spacial score (nSPS) is 12.1. The molecule has 0 aliphatic carbocycles. The van der Waals surface area contributed by atoms with Crippen molar-refractivity contribution in [1.82, 2.24) is 0 Å². The number of unbranched alkanes of at least 4 members (excludes halogenated alkanes) is 5. The molecule has 0 aromatic carbocycles. The van der Waals surface area contributed by atoms with Crippen molar-refractivity contribution in [3.63, 3.8) is 0 Å². The van der Waals surface area contributed by atoms with E-state index in [1.54, 1.807) is 13.8 Å². The van der Waals surface area contributed by atoms with Gasteiger partial charge in [-0.3, -0.25) is 0 Å². The van der Waals surface area contributed by atoms with E-state index in [0.717, 1.165) is 12.8 Å². The van der Waals surface area contributed by atoms with E-state index in [1.807, 2.05) is 13.8 Å². The van der Waals surface area contributed by atoms with E-state index in [9.17, 15) is 9.59 Å². The van der Waals surface area contributed by atoms with E-state index in [2.05, 4.69) is 6.92 Å². The van der Waals surface area contributed by atoms with Gasteiger partial charge in [0.05, 0.1) is 18.8 Å². The van der Waals surface area contributed by atoms with Crippen LogP contribution in [0.4, 0.5) is 0 Å². The molecule has 0 N–H and O–H groups in total. The summed E-state index contributed by atoms with van der Waals surface area (Å²) >= 11 is 0. The quantitative estimate of drug-likeness (QED) is 0.293. The topological polar surface area (TPSA) is 52.6 Å². The van der Waals surface area contributed by atoms with Crippen molar-refractivity contribution in [2.45, 2.75) is 79.6 Å². The molecular weight excluding hydrogens is 292 g/mol. The summed E-state index contributed by atoms with van der Waals surface area (Å²) in [6.07, 6.45) is 7.40. The smallest absolute Gasteiger partial charge is 0.334 e. The van der Waals surface area contributed by atoms with Gasteiger partial charge < -0.3 is 9.47 Å². The number of hydrogen-bond donors (Lipinski definition) is 0. The molecule has 0 unspecified atom stereocenters. The molecule has 0 aliphatic rings. The first-order valence-corrected chi connectivity index (χ1v) is 9.06. The molecule has 0 aromatic rings. The van der Waals surface area contributed by atoms with Crippen molar-refractivity contribution >= 4 is 11.9 Å². The highest BCUT2D eigenvalue weighted by Crippen LogP contribution is 2.23. The average Bonchev–Trinajstić information content (AvgIpc) is 2.49. The highest BCUT2D eigenvalue weighted by Gasteiger charge is 2.25. The Labute approximate surface area is 141 Å². The molecule has 0 atom stereocenters. The molecule has 23 heavy (non-hydrogen) atoms. The second-order valence-electron chi connectivity index (χ2n) is 6.01.